The van der Waals surface area contributed by atoms with Crippen molar-refractivity contribution >= 4 is 35.0 Å². The highest BCUT2D eigenvalue weighted by Crippen LogP contribution is 2.35. The summed E-state index contributed by atoms with van der Waals surface area (Å²) < 4.78 is 19.4. The minimum absolute atomic E-state index is 0.139. The van der Waals surface area contributed by atoms with Gasteiger partial charge in [0, 0.05) is 35.7 Å². The lowest BCUT2D eigenvalue weighted by molar-refractivity contribution is 0.110. The number of amides is 1. The summed E-state index contributed by atoms with van der Waals surface area (Å²) in [7, 11) is 3.59. The number of nitrogens with zero attached hydrogens (tertiary/aromatic N) is 2. The third-order valence-electron chi connectivity index (χ3n) is 4.38. The molecule has 0 N–H and O–H groups in total. The van der Waals surface area contributed by atoms with Gasteiger partial charge in [-0.1, -0.05) is 23.2 Å². The number of ether oxygens (including phenoxy) is 1. The van der Waals surface area contributed by atoms with E-state index in [0.717, 1.165) is 13.0 Å². The van der Waals surface area contributed by atoms with E-state index in [9.17, 15) is 9.18 Å². The van der Waals surface area contributed by atoms with Crippen LogP contribution in [0.1, 0.15) is 6.42 Å². The van der Waals surface area contributed by atoms with E-state index in [2.05, 4.69) is 4.90 Å². The number of benzene rings is 2. The predicted octanol–water partition coefficient (Wildman–Crippen LogP) is 5.08. The number of hydrogen-bond donors (Lipinski definition) is 0. The van der Waals surface area contributed by atoms with Gasteiger partial charge in [-0.3, -0.25) is 4.90 Å². The smallest absolute Gasteiger partial charge is 0.414 e. The second kappa shape index (κ2) is 7.82. The first-order valence-electron chi connectivity index (χ1n) is 8.22. The van der Waals surface area contributed by atoms with Crippen LogP contribution in [0, 0.1) is 5.82 Å². The molecule has 1 heterocycles. The maximum atomic E-state index is 13.9. The van der Waals surface area contributed by atoms with Crippen LogP contribution in [-0.2, 0) is 4.74 Å². The van der Waals surface area contributed by atoms with E-state index >= 15 is 0 Å². The molecular formula is C19H19Cl2FN2O2. The molecule has 0 aromatic heterocycles. The number of likely N-dealkylation sites (N-methyl/N-ethyl adjacent to an activating group) is 1. The van der Waals surface area contributed by atoms with Crippen molar-refractivity contribution in [3.8, 4) is 11.1 Å². The van der Waals surface area contributed by atoms with E-state index in [1.807, 2.05) is 7.05 Å². The molecule has 26 heavy (non-hydrogen) atoms. The van der Waals surface area contributed by atoms with Gasteiger partial charge in [-0.05, 0) is 55.4 Å². The van der Waals surface area contributed by atoms with Gasteiger partial charge in [0.2, 0.25) is 0 Å². The Morgan fingerprint density at radius 3 is 2.54 bits per heavy atom. The summed E-state index contributed by atoms with van der Waals surface area (Å²) in [5, 5.41) is 0.865. The quantitative estimate of drug-likeness (QED) is 0.725. The molecule has 4 nitrogen and oxygen atoms in total. The van der Waals surface area contributed by atoms with Crippen LogP contribution in [0.15, 0.2) is 36.4 Å². The third kappa shape index (κ3) is 4.29. The van der Waals surface area contributed by atoms with Crippen LogP contribution < -0.4 is 4.90 Å². The highest BCUT2D eigenvalue weighted by Gasteiger charge is 2.26. The molecule has 7 heteroatoms. The fourth-order valence-electron chi connectivity index (χ4n) is 3.05. The van der Waals surface area contributed by atoms with Gasteiger partial charge >= 0.3 is 6.09 Å². The van der Waals surface area contributed by atoms with Gasteiger partial charge in [-0.25, -0.2) is 9.18 Å². The third-order valence-corrected chi connectivity index (χ3v) is 4.82. The standard InChI is InChI=1S/C19H19Cl2FN2O2/c1-23-6-5-16(11-23)26-19(25)24(2)18-4-3-15(22)10-17(18)12-7-13(20)9-14(21)8-12/h3-4,7-10,16H,5-6,11H2,1-2H3/t16-/m0/s1. The highest BCUT2D eigenvalue weighted by atomic mass is 35.5. The lowest BCUT2D eigenvalue weighted by atomic mass is 10.0. The van der Waals surface area contributed by atoms with E-state index in [0.29, 0.717) is 33.4 Å². The molecule has 3 rings (SSSR count). The van der Waals surface area contributed by atoms with Crippen molar-refractivity contribution < 1.29 is 13.9 Å². The van der Waals surface area contributed by atoms with Crippen molar-refractivity contribution in [1.29, 1.82) is 0 Å². The van der Waals surface area contributed by atoms with E-state index in [1.165, 1.54) is 17.0 Å². The van der Waals surface area contributed by atoms with Gasteiger partial charge in [0.05, 0.1) is 5.69 Å². The van der Waals surface area contributed by atoms with Crippen molar-refractivity contribution in [2.24, 2.45) is 0 Å². The van der Waals surface area contributed by atoms with Crippen LogP contribution in [0.4, 0.5) is 14.9 Å². The molecule has 1 fully saturated rings. The summed E-state index contributed by atoms with van der Waals surface area (Å²) in [6, 6.07) is 9.15. The number of likely N-dealkylation sites (tertiary alicyclic amines) is 1. The van der Waals surface area contributed by atoms with Crippen molar-refractivity contribution in [3.05, 3.63) is 52.3 Å². The minimum Gasteiger partial charge on any atom is -0.444 e. The molecule has 1 amide bonds. The fourth-order valence-corrected chi connectivity index (χ4v) is 3.58. The summed E-state index contributed by atoms with van der Waals surface area (Å²) in [5.74, 6) is -0.418. The van der Waals surface area contributed by atoms with E-state index in [-0.39, 0.29) is 6.10 Å². The Hall–Kier alpha value is -1.82. The van der Waals surface area contributed by atoms with Gasteiger partial charge in [-0.15, -0.1) is 0 Å². The Kier molecular flexibility index (Phi) is 5.70. The molecule has 0 radical (unpaired) electrons. The molecule has 1 saturated heterocycles. The zero-order chi connectivity index (χ0) is 18.8. The fraction of sp³-hybridized carbons (Fsp3) is 0.316. The average Bonchev–Trinajstić information content (AvgIpc) is 2.98. The molecule has 0 unspecified atom stereocenters. The Labute approximate surface area is 162 Å². The SMILES string of the molecule is CN1CC[C@H](OC(=O)N(C)c2ccc(F)cc2-c2cc(Cl)cc(Cl)c2)C1. The lowest BCUT2D eigenvalue weighted by Gasteiger charge is -2.23. The van der Waals surface area contributed by atoms with Crippen LogP contribution >= 0.6 is 23.2 Å². The van der Waals surface area contributed by atoms with E-state index in [1.54, 1.807) is 31.3 Å². The van der Waals surface area contributed by atoms with Crippen LogP contribution in [0.5, 0.6) is 0 Å². The van der Waals surface area contributed by atoms with Gasteiger partial charge in [0.15, 0.2) is 0 Å². The van der Waals surface area contributed by atoms with Gasteiger partial charge in [0.1, 0.15) is 11.9 Å². The van der Waals surface area contributed by atoms with Gasteiger partial charge in [-0.2, -0.15) is 0 Å². The van der Waals surface area contributed by atoms with Crippen LogP contribution in [0.2, 0.25) is 10.0 Å². The first-order valence-corrected chi connectivity index (χ1v) is 8.98. The predicted molar refractivity (Wildman–Crippen MR) is 103 cm³/mol. The summed E-state index contributed by atoms with van der Waals surface area (Å²) >= 11 is 12.1. The summed E-state index contributed by atoms with van der Waals surface area (Å²) in [5.41, 5.74) is 1.65. The molecule has 2 aromatic rings. The van der Waals surface area contributed by atoms with Gasteiger partial charge < -0.3 is 9.64 Å². The second-order valence-corrected chi connectivity index (χ2v) is 7.31. The normalized spacial score (nSPS) is 17.3. The summed E-state index contributed by atoms with van der Waals surface area (Å²) in [6.45, 7) is 1.60. The molecule has 1 atom stereocenters. The molecule has 0 saturated carbocycles. The first kappa shape index (κ1) is 19.0. The Balaban J connectivity index is 1.90. The van der Waals surface area contributed by atoms with E-state index < -0.39 is 11.9 Å². The maximum Gasteiger partial charge on any atom is 0.414 e. The maximum absolute atomic E-state index is 13.9. The van der Waals surface area contributed by atoms with Crippen molar-refractivity contribution in [3.63, 3.8) is 0 Å². The molecule has 0 spiro atoms. The minimum atomic E-state index is -0.480. The number of carbonyl (C=O) groups excluding carboxylic acids is 1. The van der Waals surface area contributed by atoms with Crippen molar-refractivity contribution in [2.45, 2.75) is 12.5 Å². The Morgan fingerprint density at radius 2 is 1.92 bits per heavy atom. The van der Waals surface area contributed by atoms with Crippen molar-refractivity contribution in [1.82, 2.24) is 4.90 Å². The summed E-state index contributed by atoms with van der Waals surface area (Å²) in [4.78, 5) is 16.0. The zero-order valence-corrected chi connectivity index (χ0v) is 16.0. The number of rotatable bonds is 3. The molecule has 1 aliphatic heterocycles. The molecule has 0 aliphatic carbocycles. The monoisotopic (exact) mass is 396 g/mol. The molecule has 0 bridgehead atoms. The molecule has 2 aromatic carbocycles. The summed E-state index contributed by atoms with van der Waals surface area (Å²) in [6.07, 6.45) is 0.182. The van der Waals surface area contributed by atoms with Gasteiger partial charge in [0.25, 0.3) is 0 Å². The highest BCUT2D eigenvalue weighted by molar-refractivity contribution is 6.35. The van der Waals surface area contributed by atoms with Crippen molar-refractivity contribution in [2.75, 3.05) is 32.1 Å². The second-order valence-electron chi connectivity index (χ2n) is 6.44. The van der Waals surface area contributed by atoms with E-state index in [4.69, 9.17) is 27.9 Å². The number of halogens is 3. The van der Waals surface area contributed by atoms with Crippen LogP contribution in [-0.4, -0.2) is 44.3 Å². The average molecular weight is 397 g/mol. The van der Waals surface area contributed by atoms with Crippen LogP contribution in [0.25, 0.3) is 11.1 Å². The lowest BCUT2D eigenvalue weighted by Crippen LogP contribution is -2.32. The molecule has 138 valence electrons. The van der Waals surface area contributed by atoms with Crippen LogP contribution in [0.3, 0.4) is 0 Å². The Bertz CT molecular complexity index is 811. The number of carbonyl (C=O) groups is 1. The Morgan fingerprint density at radius 1 is 1.23 bits per heavy atom. The largest absolute Gasteiger partial charge is 0.444 e. The topological polar surface area (TPSA) is 32.8 Å². The number of anilines is 1. The number of hydrogen-bond acceptors (Lipinski definition) is 3. The molecule has 1 aliphatic rings. The zero-order valence-electron chi connectivity index (χ0n) is 14.5. The molecular weight excluding hydrogens is 378 g/mol. The first-order chi connectivity index (χ1) is 12.3.